The number of nitrogens with zero attached hydrogens (tertiary/aromatic N) is 4. The summed E-state index contributed by atoms with van der Waals surface area (Å²) in [5, 5.41) is 6.39. The van der Waals surface area contributed by atoms with Gasteiger partial charge in [0.1, 0.15) is 11.6 Å². The maximum Gasteiger partial charge on any atom is 0.192 e. The number of rotatable bonds is 8. The summed E-state index contributed by atoms with van der Waals surface area (Å²) in [6, 6.07) is 12.8. The average Bonchev–Trinajstić information content (AvgIpc) is 3.44. The number of pyridine rings is 2. The number of hydrogen-bond acceptors (Lipinski definition) is 7. The van der Waals surface area contributed by atoms with E-state index in [0.717, 1.165) is 36.4 Å². The lowest BCUT2D eigenvalue weighted by atomic mass is 10.3. The average molecular weight is 462 g/mol. The summed E-state index contributed by atoms with van der Waals surface area (Å²) in [5.41, 5.74) is 3.81. The molecule has 0 aliphatic rings. The van der Waals surface area contributed by atoms with Crippen LogP contribution in [0.3, 0.4) is 0 Å². The third kappa shape index (κ3) is 5.93. The first kappa shape index (κ1) is 23.3. The van der Waals surface area contributed by atoms with Crippen LogP contribution in [0.4, 0.5) is 10.2 Å². The summed E-state index contributed by atoms with van der Waals surface area (Å²) in [4.78, 5) is 20.2. The van der Waals surface area contributed by atoms with Crippen LogP contribution in [-0.4, -0.2) is 38.0 Å². The van der Waals surface area contributed by atoms with Gasteiger partial charge in [0.05, 0.1) is 23.3 Å². The van der Waals surface area contributed by atoms with Gasteiger partial charge in [-0.3, -0.25) is 4.98 Å². The van der Waals surface area contributed by atoms with Crippen molar-refractivity contribution >= 4 is 28.0 Å². The predicted molar refractivity (Wildman–Crippen MR) is 131 cm³/mol. The van der Waals surface area contributed by atoms with Crippen LogP contribution in [0.25, 0.3) is 22.1 Å². The molecule has 0 fully saturated rings. The molecule has 1 aromatic carbocycles. The van der Waals surface area contributed by atoms with Gasteiger partial charge >= 0.3 is 0 Å². The number of oxazole rings is 1. The molecule has 8 nitrogen and oxygen atoms in total. The van der Waals surface area contributed by atoms with Crippen LogP contribution < -0.4 is 10.6 Å². The highest BCUT2D eigenvalue weighted by molar-refractivity contribution is 5.83. The van der Waals surface area contributed by atoms with Gasteiger partial charge in [0, 0.05) is 38.3 Å². The second kappa shape index (κ2) is 11.3. The van der Waals surface area contributed by atoms with Gasteiger partial charge in [0.15, 0.2) is 22.8 Å². The predicted octanol–water partition coefficient (Wildman–Crippen LogP) is 4.78. The zero-order valence-electron chi connectivity index (χ0n) is 19.3. The van der Waals surface area contributed by atoms with Crippen molar-refractivity contribution in [3.05, 3.63) is 78.1 Å². The molecule has 0 saturated heterocycles. The fourth-order valence-corrected chi connectivity index (χ4v) is 3.44. The SMILES string of the molecule is CCCNCCc1nc2ccccc2[nH]1.Cc1nc2c(NCc3ncccc3F)nccc2o1. The third-order valence-electron chi connectivity index (χ3n) is 5.08. The lowest BCUT2D eigenvalue weighted by Crippen LogP contribution is -2.18. The molecule has 0 spiro atoms. The Bertz CT molecular complexity index is 1310. The fourth-order valence-electron chi connectivity index (χ4n) is 3.44. The standard InChI is InChI=1S/C13H11FN4O.C12H17N3/c1-8-18-12-11(19-8)4-6-16-13(12)17-7-10-9(14)3-2-5-15-10;1-2-8-13-9-7-12-14-10-5-3-4-6-11(10)15-12/h2-6H,7H2,1H3,(H,16,17);3-6,13H,2,7-9H2,1H3,(H,14,15). The molecule has 4 aromatic heterocycles. The molecule has 3 N–H and O–H groups in total. The quantitative estimate of drug-likeness (QED) is 0.286. The summed E-state index contributed by atoms with van der Waals surface area (Å²) in [5.74, 6) is 1.84. The third-order valence-corrected chi connectivity index (χ3v) is 5.08. The molecule has 5 aromatic rings. The van der Waals surface area contributed by atoms with Gasteiger partial charge in [-0.25, -0.2) is 19.3 Å². The molecule has 34 heavy (non-hydrogen) atoms. The molecule has 0 aliphatic carbocycles. The number of aromatic nitrogens is 5. The van der Waals surface area contributed by atoms with Gasteiger partial charge in [0.2, 0.25) is 0 Å². The van der Waals surface area contributed by atoms with Crippen LogP contribution in [-0.2, 0) is 13.0 Å². The Hall–Kier alpha value is -3.85. The Labute approximate surface area is 197 Å². The smallest absolute Gasteiger partial charge is 0.192 e. The van der Waals surface area contributed by atoms with Crippen molar-refractivity contribution in [2.24, 2.45) is 0 Å². The number of nitrogens with one attached hydrogen (secondary N) is 3. The first-order chi connectivity index (χ1) is 16.6. The van der Waals surface area contributed by atoms with Crippen molar-refractivity contribution in [3.8, 4) is 0 Å². The van der Waals surface area contributed by atoms with E-state index >= 15 is 0 Å². The van der Waals surface area contributed by atoms with Gasteiger partial charge in [-0.15, -0.1) is 0 Å². The summed E-state index contributed by atoms with van der Waals surface area (Å²) >= 11 is 0. The van der Waals surface area contributed by atoms with Crippen molar-refractivity contribution in [2.45, 2.75) is 33.2 Å². The van der Waals surface area contributed by atoms with E-state index in [1.165, 1.54) is 12.5 Å². The number of anilines is 1. The van der Waals surface area contributed by atoms with E-state index in [9.17, 15) is 4.39 Å². The van der Waals surface area contributed by atoms with Crippen molar-refractivity contribution in [2.75, 3.05) is 18.4 Å². The number of halogens is 1. The minimum absolute atomic E-state index is 0.241. The van der Waals surface area contributed by atoms with E-state index in [0.29, 0.717) is 28.5 Å². The molecule has 4 heterocycles. The molecular formula is C25H28FN7O. The lowest BCUT2D eigenvalue weighted by molar-refractivity contribution is 0.561. The highest BCUT2D eigenvalue weighted by Crippen LogP contribution is 2.21. The van der Waals surface area contributed by atoms with E-state index in [1.807, 2.05) is 18.2 Å². The van der Waals surface area contributed by atoms with Gasteiger partial charge in [0.25, 0.3) is 0 Å². The molecule has 0 bridgehead atoms. The number of benzene rings is 1. The van der Waals surface area contributed by atoms with Crippen LogP contribution >= 0.6 is 0 Å². The van der Waals surface area contributed by atoms with Gasteiger partial charge < -0.3 is 20.0 Å². The van der Waals surface area contributed by atoms with Crippen molar-refractivity contribution in [1.82, 2.24) is 30.2 Å². The largest absolute Gasteiger partial charge is 0.441 e. The number of aromatic amines is 1. The van der Waals surface area contributed by atoms with Crippen LogP contribution in [0.1, 0.15) is 30.8 Å². The molecule has 0 amide bonds. The molecular weight excluding hydrogens is 433 g/mol. The van der Waals surface area contributed by atoms with Crippen LogP contribution in [0, 0.1) is 12.7 Å². The summed E-state index contributed by atoms with van der Waals surface area (Å²) in [6.45, 7) is 6.26. The Morgan fingerprint density at radius 3 is 2.71 bits per heavy atom. The van der Waals surface area contributed by atoms with Gasteiger partial charge in [-0.05, 0) is 37.2 Å². The number of hydrogen-bond donors (Lipinski definition) is 3. The Morgan fingerprint density at radius 1 is 1.00 bits per heavy atom. The second-order valence-electron chi connectivity index (χ2n) is 7.73. The summed E-state index contributed by atoms with van der Waals surface area (Å²) in [7, 11) is 0. The first-order valence-electron chi connectivity index (χ1n) is 11.3. The Morgan fingerprint density at radius 2 is 1.88 bits per heavy atom. The minimum atomic E-state index is -0.349. The maximum atomic E-state index is 13.5. The topological polar surface area (TPSA) is 105 Å². The Balaban J connectivity index is 0.000000166. The van der Waals surface area contributed by atoms with E-state index in [1.54, 1.807) is 31.5 Å². The number of fused-ring (bicyclic) bond motifs is 2. The van der Waals surface area contributed by atoms with Gasteiger partial charge in [-0.1, -0.05) is 19.1 Å². The molecule has 0 radical (unpaired) electrons. The maximum absolute atomic E-state index is 13.5. The summed E-state index contributed by atoms with van der Waals surface area (Å²) in [6.07, 6.45) is 5.31. The van der Waals surface area contributed by atoms with Crippen LogP contribution in [0.15, 0.2) is 59.3 Å². The van der Waals surface area contributed by atoms with E-state index in [-0.39, 0.29) is 12.4 Å². The number of aryl methyl sites for hydroxylation is 1. The number of imidazole rings is 1. The highest BCUT2D eigenvalue weighted by Gasteiger charge is 2.09. The molecule has 9 heteroatoms. The molecule has 176 valence electrons. The van der Waals surface area contributed by atoms with E-state index in [4.69, 9.17) is 4.42 Å². The second-order valence-corrected chi connectivity index (χ2v) is 7.73. The number of para-hydroxylation sites is 2. The van der Waals surface area contributed by atoms with Gasteiger partial charge in [-0.2, -0.15) is 0 Å². The van der Waals surface area contributed by atoms with Crippen LogP contribution in [0.2, 0.25) is 0 Å². The molecule has 0 atom stereocenters. The summed E-state index contributed by atoms with van der Waals surface area (Å²) < 4.78 is 18.9. The molecule has 0 saturated carbocycles. The highest BCUT2D eigenvalue weighted by atomic mass is 19.1. The monoisotopic (exact) mass is 461 g/mol. The Kier molecular flexibility index (Phi) is 7.77. The zero-order chi connectivity index (χ0) is 23.8. The molecule has 0 unspecified atom stereocenters. The molecule has 0 aliphatic heterocycles. The number of H-pyrrole nitrogens is 1. The van der Waals surface area contributed by atoms with Crippen molar-refractivity contribution in [3.63, 3.8) is 0 Å². The van der Waals surface area contributed by atoms with E-state index in [2.05, 4.69) is 48.5 Å². The van der Waals surface area contributed by atoms with E-state index < -0.39 is 0 Å². The van der Waals surface area contributed by atoms with Crippen LogP contribution in [0.5, 0.6) is 0 Å². The normalized spacial score (nSPS) is 10.9. The fraction of sp³-hybridized carbons (Fsp3) is 0.280. The molecule has 5 rings (SSSR count). The van der Waals surface area contributed by atoms with Crippen molar-refractivity contribution < 1.29 is 8.81 Å². The minimum Gasteiger partial charge on any atom is -0.441 e. The van der Waals surface area contributed by atoms with Crippen molar-refractivity contribution in [1.29, 1.82) is 0 Å². The first-order valence-corrected chi connectivity index (χ1v) is 11.3. The zero-order valence-corrected chi connectivity index (χ0v) is 19.3. The lowest BCUT2D eigenvalue weighted by Gasteiger charge is -2.05.